The van der Waals surface area contributed by atoms with Crippen LogP contribution >= 0.6 is 0 Å². The second-order valence-corrected chi connectivity index (χ2v) is 6.87. The second-order valence-electron chi connectivity index (χ2n) is 6.87. The Morgan fingerprint density at radius 1 is 1.43 bits per heavy atom. The van der Waals surface area contributed by atoms with E-state index in [1.165, 1.54) is 6.92 Å². The molecule has 118 valence electrons. The van der Waals surface area contributed by atoms with Crippen LogP contribution < -0.4 is 0 Å². The van der Waals surface area contributed by atoms with Crippen molar-refractivity contribution in [1.29, 1.82) is 0 Å². The Bertz CT molecular complexity index is 483. The normalized spacial score (nSPS) is 43.1. The molecule has 4 nitrogen and oxygen atoms in total. The molecule has 0 radical (unpaired) electrons. The number of hydrogen-bond acceptors (Lipinski definition) is 4. The molecule has 5 atom stereocenters. The number of hydrogen-bond donors (Lipinski definition) is 2. The monoisotopic (exact) mass is 294 g/mol. The first-order chi connectivity index (χ1) is 9.64. The van der Waals surface area contributed by atoms with E-state index in [0.29, 0.717) is 24.8 Å². The smallest absolute Gasteiger partial charge is 0.302 e. The molecule has 0 aromatic heterocycles. The molecule has 0 aliphatic heterocycles. The first kappa shape index (κ1) is 16.2. The van der Waals surface area contributed by atoms with Crippen LogP contribution in [0.4, 0.5) is 0 Å². The van der Waals surface area contributed by atoms with Crippen molar-refractivity contribution in [2.75, 3.05) is 0 Å². The number of esters is 1. The lowest BCUT2D eigenvalue weighted by atomic mass is 9.50. The minimum Gasteiger partial charge on any atom is -0.462 e. The van der Waals surface area contributed by atoms with Crippen molar-refractivity contribution < 1.29 is 19.7 Å². The summed E-state index contributed by atoms with van der Waals surface area (Å²) in [5.41, 5.74) is -0.729. The minimum atomic E-state index is -1.44. The quantitative estimate of drug-likeness (QED) is 0.606. The third kappa shape index (κ3) is 2.25. The molecule has 21 heavy (non-hydrogen) atoms. The van der Waals surface area contributed by atoms with Gasteiger partial charge in [-0.1, -0.05) is 25.7 Å². The highest BCUT2D eigenvalue weighted by Gasteiger charge is 2.64. The van der Waals surface area contributed by atoms with Crippen LogP contribution in [0.3, 0.4) is 0 Å². The van der Waals surface area contributed by atoms with Crippen LogP contribution in [0, 0.1) is 11.3 Å². The van der Waals surface area contributed by atoms with E-state index in [2.05, 4.69) is 13.2 Å². The summed E-state index contributed by atoms with van der Waals surface area (Å²) in [6.07, 6.45) is 1.34. The zero-order valence-electron chi connectivity index (χ0n) is 13.2. The number of aliphatic hydroxyl groups is 2. The maximum atomic E-state index is 11.5. The van der Waals surface area contributed by atoms with Crippen LogP contribution in [0.25, 0.3) is 0 Å². The SMILES string of the molecule is C=C(C)[C@@H]1C[C@H](OC(C)=O)[C@@]2(C)CCCC(=C)[C@]2(O)[C@@H]1O. The predicted octanol–water partition coefficient (Wildman–Crippen LogP) is 2.35. The maximum Gasteiger partial charge on any atom is 0.302 e. The van der Waals surface area contributed by atoms with Gasteiger partial charge in [0.15, 0.2) is 0 Å². The molecule has 4 heteroatoms. The molecule has 2 saturated carbocycles. The fourth-order valence-electron chi connectivity index (χ4n) is 4.17. The van der Waals surface area contributed by atoms with Gasteiger partial charge in [-0.05, 0) is 38.2 Å². The first-order valence-corrected chi connectivity index (χ1v) is 7.56. The van der Waals surface area contributed by atoms with E-state index in [1.54, 1.807) is 0 Å². The zero-order valence-corrected chi connectivity index (χ0v) is 13.2. The van der Waals surface area contributed by atoms with Crippen molar-refractivity contribution in [2.45, 2.75) is 64.3 Å². The fraction of sp³-hybridized carbons (Fsp3) is 0.706. The van der Waals surface area contributed by atoms with Gasteiger partial charge < -0.3 is 14.9 Å². The van der Waals surface area contributed by atoms with Gasteiger partial charge in [0.2, 0.25) is 0 Å². The van der Waals surface area contributed by atoms with Crippen LogP contribution in [-0.2, 0) is 9.53 Å². The molecule has 0 aromatic rings. The Morgan fingerprint density at radius 2 is 2.05 bits per heavy atom. The second kappa shape index (κ2) is 5.25. The van der Waals surface area contributed by atoms with E-state index in [9.17, 15) is 15.0 Å². The van der Waals surface area contributed by atoms with Crippen molar-refractivity contribution in [2.24, 2.45) is 11.3 Å². The van der Waals surface area contributed by atoms with E-state index in [4.69, 9.17) is 4.74 Å². The summed E-state index contributed by atoms with van der Waals surface area (Å²) in [6, 6.07) is 0. The Kier molecular flexibility index (Phi) is 4.06. The van der Waals surface area contributed by atoms with Crippen LogP contribution in [0.2, 0.25) is 0 Å². The summed E-state index contributed by atoms with van der Waals surface area (Å²) in [7, 11) is 0. The number of fused-ring (bicyclic) bond motifs is 1. The molecule has 0 aromatic carbocycles. The Hall–Kier alpha value is -1.13. The number of aliphatic hydroxyl groups excluding tert-OH is 1. The minimum absolute atomic E-state index is 0.303. The van der Waals surface area contributed by atoms with E-state index < -0.39 is 23.2 Å². The summed E-state index contributed by atoms with van der Waals surface area (Å²) in [6.45, 7) is 13.0. The highest BCUT2D eigenvalue weighted by Crippen LogP contribution is 2.57. The fourth-order valence-corrected chi connectivity index (χ4v) is 4.17. The number of carbonyl (C=O) groups excluding carboxylic acids is 1. The van der Waals surface area contributed by atoms with Crippen molar-refractivity contribution in [3.05, 3.63) is 24.3 Å². The van der Waals surface area contributed by atoms with Crippen LogP contribution in [0.1, 0.15) is 46.5 Å². The molecule has 0 amide bonds. The number of rotatable bonds is 2. The van der Waals surface area contributed by atoms with Crippen molar-refractivity contribution >= 4 is 5.97 Å². The summed E-state index contributed by atoms with van der Waals surface area (Å²) < 4.78 is 5.51. The van der Waals surface area contributed by atoms with Crippen molar-refractivity contribution in [3.63, 3.8) is 0 Å². The standard InChI is InChI=1S/C17H26O4/c1-10(2)13-9-14(21-12(4)18)16(5)8-6-7-11(3)17(16,20)15(13)19/h13-15,19-20H,1,3,6-9H2,2,4-5H3/t13-,14-,15+,16+,17-/m0/s1. The molecular formula is C17H26O4. The third-order valence-corrected chi connectivity index (χ3v) is 5.51. The third-order valence-electron chi connectivity index (χ3n) is 5.51. The van der Waals surface area contributed by atoms with Gasteiger partial charge in [0.05, 0.1) is 6.10 Å². The van der Waals surface area contributed by atoms with Gasteiger partial charge in [0.25, 0.3) is 0 Å². The average molecular weight is 294 g/mol. The van der Waals surface area contributed by atoms with Crippen LogP contribution in [0.5, 0.6) is 0 Å². The molecule has 0 unspecified atom stereocenters. The van der Waals surface area contributed by atoms with E-state index in [0.717, 1.165) is 12.0 Å². The van der Waals surface area contributed by atoms with Crippen LogP contribution in [-0.4, -0.2) is 34.0 Å². The molecule has 0 spiro atoms. The molecular weight excluding hydrogens is 268 g/mol. The Balaban J connectivity index is 2.51. The van der Waals surface area contributed by atoms with Crippen molar-refractivity contribution in [1.82, 2.24) is 0 Å². The molecule has 0 saturated heterocycles. The lowest BCUT2D eigenvalue weighted by molar-refractivity contribution is -0.231. The molecule has 2 aliphatic rings. The van der Waals surface area contributed by atoms with Gasteiger partial charge in [-0.3, -0.25) is 4.79 Å². The summed E-state index contributed by atoms with van der Waals surface area (Å²) in [5, 5.41) is 22.1. The topological polar surface area (TPSA) is 66.8 Å². The van der Waals surface area contributed by atoms with E-state index in [1.807, 2.05) is 13.8 Å². The van der Waals surface area contributed by atoms with Gasteiger partial charge in [0, 0.05) is 18.3 Å². The largest absolute Gasteiger partial charge is 0.462 e. The lowest BCUT2D eigenvalue weighted by Crippen LogP contribution is -2.68. The molecule has 0 heterocycles. The predicted molar refractivity (Wildman–Crippen MR) is 80.5 cm³/mol. The zero-order chi connectivity index (χ0) is 16.0. The Labute approximate surface area is 126 Å². The highest BCUT2D eigenvalue weighted by atomic mass is 16.5. The van der Waals surface area contributed by atoms with Gasteiger partial charge in [-0.2, -0.15) is 0 Å². The summed E-state index contributed by atoms with van der Waals surface area (Å²) in [4.78, 5) is 11.5. The number of carbonyl (C=O) groups is 1. The van der Waals surface area contributed by atoms with E-state index in [-0.39, 0.29) is 11.9 Å². The van der Waals surface area contributed by atoms with Gasteiger partial charge >= 0.3 is 5.97 Å². The highest BCUT2D eigenvalue weighted by molar-refractivity contribution is 5.66. The average Bonchev–Trinajstić information content (AvgIpc) is 2.37. The molecule has 2 rings (SSSR count). The molecule has 2 N–H and O–H groups in total. The summed E-state index contributed by atoms with van der Waals surface area (Å²) >= 11 is 0. The van der Waals surface area contributed by atoms with Gasteiger partial charge in [0.1, 0.15) is 11.7 Å². The van der Waals surface area contributed by atoms with Crippen LogP contribution in [0.15, 0.2) is 24.3 Å². The lowest BCUT2D eigenvalue weighted by Gasteiger charge is -2.60. The number of ether oxygens (including phenoxy) is 1. The Morgan fingerprint density at radius 3 is 2.57 bits per heavy atom. The first-order valence-electron chi connectivity index (χ1n) is 7.56. The van der Waals surface area contributed by atoms with Gasteiger partial charge in [-0.25, -0.2) is 0 Å². The van der Waals surface area contributed by atoms with Gasteiger partial charge in [-0.15, -0.1) is 0 Å². The van der Waals surface area contributed by atoms with E-state index >= 15 is 0 Å². The molecule has 0 bridgehead atoms. The maximum absolute atomic E-state index is 11.5. The summed E-state index contributed by atoms with van der Waals surface area (Å²) in [5.74, 6) is -0.668. The molecule has 2 fully saturated rings. The van der Waals surface area contributed by atoms with Crippen molar-refractivity contribution in [3.8, 4) is 0 Å². The molecule has 2 aliphatic carbocycles.